The van der Waals surface area contributed by atoms with E-state index in [0.29, 0.717) is 6.54 Å². The molecule has 0 fully saturated rings. The predicted molar refractivity (Wildman–Crippen MR) is 77.0 cm³/mol. The summed E-state index contributed by atoms with van der Waals surface area (Å²) in [5.41, 5.74) is 0.0956. The van der Waals surface area contributed by atoms with Crippen LogP contribution in [0.15, 0.2) is 29.2 Å². The molecule has 0 aliphatic heterocycles. The van der Waals surface area contributed by atoms with Crippen LogP contribution in [0.4, 0.5) is 4.79 Å². The smallest absolute Gasteiger partial charge is 0.338 e. The molecule has 0 aliphatic carbocycles. The van der Waals surface area contributed by atoms with E-state index in [0.717, 1.165) is 6.26 Å². The molecule has 1 aromatic carbocycles. The zero-order valence-electron chi connectivity index (χ0n) is 12.1. The largest absolute Gasteiger partial charge is 0.452 e. The molecule has 0 bridgehead atoms. The van der Waals surface area contributed by atoms with Crippen LogP contribution >= 0.6 is 0 Å². The lowest BCUT2D eigenvalue weighted by Crippen LogP contribution is -2.41. The summed E-state index contributed by atoms with van der Waals surface area (Å²) in [4.78, 5) is 34.1. The Morgan fingerprint density at radius 3 is 2.23 bits per heavy atom. The third kappa shape index (κ3) is 5.52. The Morgan fingerprint density at radius 2 is 1.73 bits per heavy atom. The number of imide groups is 1. The zero-order valence-corrected chi connectivity index (χ0v) is 12.9. The van der Waals surface area contributed by atoms with Gasteiger partial charge in [-0.05, 0) is 31.2 Å². The summed E-state index contributed by atoms with van der Waals surface area (Å²) < 4.78 is 27.3. The standard InChI is InChI=1S/C13H16N2O6S/c1-3-14-13(18)15-11(16)8-21-12(17)9-4-6-10(7-5-9)22(2,19)20/h4-7H,3,8H2,1-2H3,(H2,14,15,16,18). The van der Waals surface area contributed by atoms with E-state index < -0.39 is 34.4 Å². The molecule has 9 heteroatoms. The van der Waals surface area contributed by atoms with Crippen molar-refractivity contribution < 1.29 is 27.5 Å². The highest BCUT2D eigenvalue weighted by atomic mass is 32.2. The molecule has 8 nitrogen and oxygen atoms in total. The highest BCUT2D eigenvalue weighted by Crippen LogP contribution is 2.11. The van der Waals surface area contributed by atoms with Gasteiger partial charge in [0.05, 0.1) is 10.5 Å². The number of sulfone groups is 1. The van der Waals surface area contributed by atoms with Gasteiger partial charge in [-0.3, -0.25) is 10.1 Å². The third-order valence-electron chi connectivity index (χ3n) is 2.44. The minimum Gasteiger partial charge on any atom is -0.452 e. The molecule has 2 N–H and O–H groups in total. The lowest BCUT2D eigenvalue weighted by molar-refractivity contribution is -0.123. The molecule has 1 aromatic rings. The minimum atomic E-state index is -3.35. The number of esters is 1. The average molecular weight is 328 g/mol. The molecule has 3 amide bonds. The lowest BCUT2D eigenvalue weighted by atomic mass is 10.2. The summed E-state index contributed by atoms with van der Waals surface area (Å²) in [5.74, 6) is -1.57. The highest BCUT2D eigenvalue weighted by molar-refractivity contribution is 7.90. The Morgan fingerprint density at radius 1 is 1.14 bits per heavy atom. The molecule has 0 radical (unpaired) electrons. The molecular weight excluding hydrogens is 312 g/mol. The topological polar surface area (TPSA) is 119 Å². The normalized spacial score (nSPS) is 10.6. The first kappa shape index (κ1) is 17.6. The fourth-order valence-corrected chi connectivity index (χ4v) is 2.05. The van der Waals surface area contributed by atoms with E-state index in [4.69, 9.17) is 4.74 Å². The van der Waals surface area contributed by atoms with Crippen molar-refractivity contribution in [3.63, 3.8) is 0 Å². The monoisotopic (exact) mass is 328 g/mol. The number of carbonyl (C=O) groups is 3. The maximum atomic E-state index is 11.7. The van der Waals surface area contributed by atoms with Gasteiger partial charge in [0.2, 0.25) is 0 Å². The Labute approximate surface area is 127 Å². The van der Waals surface area contributed by atoms with Gasteiger partial charge in [0.25, 0.3) is 5.91 Å². The van der Waals surface area contributed by atoms with E-state index in [2.05, 4.69) is 5.32 Å². The summed E-state index contributed by atoms with van der Waals surface area (Å²) in [6.07, 6.45) is 1.05. The molecule has 22 heavy (non-hydrogen) atoms. The lowest BCUT2D eigenvalue weighted by Gasteiger charge is -2.06. The summed E-state index contributed by atoms with van der Waals surface area (Å²) in [7, 11) is -3.35. The number of hydrogen-bond acceptors (Lipinski definition) is 6. The fourth-order valence-electron chi connectivity index (χ4n) is 1.42. The van der Waals surface area contributed by atoms with Crippen molar-refractivity contribution in [3.8, 4) is 0 Å². The van der Waals surface area contributed by atoms with Crippen molar-refractivity contribution in [2.45, 2.75) is 11.8 Å². The molecule has 0 heterocycles. The summed E-state index contributed by atoms with van der Waals surface area (Å²) in [5, 5.41) is 4.32. The van der Waals surface area contributed by atoms with E-state index in [9.17, 15) is 22.8 Å². The molecule has 1 rings (SSSR count). The van der Waals surface area contributed by atoms with E-state index in [1.807, 2.05) is 5.32 Å². The maximum Gasteiger partial charge on any atom is 0.338 e. The van der Waals surface area contributed by atoms with Gasteiger partial charge in [0.1, 0.15) is 0 Å². The molecule has 0 spiro atoms. The van der Waals surface area contributed by atoms with Crippen LogP contribution in [0.25, 0.3) is 0 Å². The second-order valence-electron chi connectivity index (χ2n) is 4.28. The van der Waals surface area contributed by atoms with E-state index in [1.165, 1.54) is 24.3 Å². The van der Waals surface area contributed by atoms with Crippen molar-refractivity contribution >= 4 is 27.7 Å². The van der Waals surface area contributed by atoms with Crippen LogP contribution in [0.5, 0.6) is 0 Å². The van der Waals surface area contributed by atoms with Crippen LogP contribution in [0.1, 0.15) is 17.3 Å². The van der Waals surface area contributed by atoms with Gasteiger partial charge in [-0.25, -0.2) is 18.0 Å². The first-order valence-electron chi connectivity index (χ1n) is 6.29. The Balaban J connectivity index is 2.56. The molecule has 0 atom stereocenters. The van der Waals surface area contributed by atoms with Gasteiger partial charge in [-0.15, -0.1) is 0 Å². The second kappa shape index (κ2) is 7.55. The quantitative estimate of drug-likeness (QED) is 0.740. The minimum absolute atomic E-state index is 0.0676. The second-order valence-corrected chi connectivity index (χ2v) is 6.30. The SMILES string of the molecule is CCNC(=O)NC(=O)COC(=O)c1ccc(S(C)(=O)=O)cc1. The molecule has 0 unspecified atom stereocenters. The van der Waals surface area contributed by atoms with Crippen molar-refractivity contribution in [3.05, 3.63) is 29.8 Å². The molecule has 0 aliphatic rings. The summed E-state index contributed by atoms with van der Waals surface area (Å²) in [6, 6.07) is 4.41. The number of nitrogens with one attached hydrogen (secondary N) is 2. The number of ether oxygens (including phenoxy) is 1. The molecule has 0 saturated heterocycles. The van der Waals surface area contributed by atoms with Gasteiger partial charge in [-0.1, -0.05) is 0 Å². The van der Waals surface area contributed by atoms with Gasteiger partial charge in [0, 0.05) is 12.8 Å². The van der Waals surface area contributed by atoms with Crippen molar-refractivity contribution in [2.24, 2.45) is 0 Å². The first-order valence-corrected chi connectivity index (χ1v) is 8.18. The predicted octanol–water partition coefficient (Wildman–Crippen LogP) is 0.0926. The zero-order chi connectivity index (χ0) is 16.8. The third-order valence-corrected chi connectivity index (χ3v) is 3.57. The summed E-state index contributed by atoms with van der Waals surface area (Å²) >= 11 is 0. The number of rotatable bonds is 5. The van der Waals surface area contributed by atoms with Crippen molar-refractivity contribution in [2.75, 3.05) is 19.4 Å². The van der Waals surface area contributed by atoms with Crippen molar-refractivity contribution in [1.29, 1.82) is 0 Å². The van der Waals surface area contributed by atoms with E-state index in [-0.39, 0.29) is 10.5 Å². The Bertz CT molecular complexity index is 666. The number of amides is 3. The van der Waals surface area contributed by atoms with Gasteiger partial charge in [0.15, 0.2) is 16.4 Å². The van der Waals surface area contributed by atoms with Gasteiger partial charge >= 0.3 is 12.0 Å². The fraction of sp³-hybridized carbons (Fsp3) is 0.308. The Hall–Kier alpha value is -2.42. The van der Waals surface area contributed by atoms with Crippen LogP contribution in [-0.4, -0.2) is 45.7 Å². The van der Waals surface area contributed by atoms with E-state index >= 15 is 0 Å². The van der Waals surface area contributed by atoms with E-state index in [1.54, 1.807) is 6.92 Å². The van der Waals surface area contributed by atoms with Gasteiger partial charge < -0.3 is 10.1 Å². The van der Waals surface area contributed by atoms with Crippen molar-refractivity contribution in [1.82, 2.24) is 10.6 Å². The average Bonchev–Trinajstić information content (AvgIpc) is 2.44. The highest BCUT2D eigenvalue weighted by Gasteiger charge is 2.13. The Kier molecular flexibility index (Phi) is 6.05. The molecule has 0 aromatic heterocycles. The van der Waals surface area contributed by atoms with Crippen LogP contribution in [0.2, 0.25) is 0 Å². The maximum absolute atomic E-state index is 11.7. The number of benzene rings is 1. The number of carbonyl (C=O) groups excluding carboxylic acids is 3. The van der Waals surface area contributed by atoms with Crippen LogP contribution in [0, 0.1) is 0 Å². The summed E-state index contributed by atoms with van der Waals surface area (Å²) in [6.45, 7) is 1.42. The first-order chi connectivity index (χ1) is 10.2. The van der Waals surface area contributed by atoms with Gasteiger partial charge in [-0.2, -0.15) is 0 Å². The molecule has 0 saturated carbocycles. The molecule has 120 valence electrons. The van der Waals surface area contributed by atoms with Crippen LogP contribution in [0.3, 0.4) is 0 Å². The number of urea groups is 1. The van der Waals surface area contributed by atoms with Crippen LogP contribution < -0.4 is 10.6 Å². The van der Waals surface area contributed by atoms with Crippen LogP contribution in [-0.2, 0) is 19.4 Å². The molecular formula is C13H16N2O6S. The number of hydrogen-bond donors (Lipinski definition) is 2.